The van der Waals surface area contributed by atoms with E-state index < -0.39 is 5.41 Å². The Morgan fingerprint density at radius 2 is 2.00 bits per heavy atom. The molecule has 0 bridgehead atoms. The van der Waals surface area contributed by atoms with Gasteiger partial charge in [0.1, 0.15) is 0 Å². The molecule has 1 aliphatic carbocycles. The van der Waals surface area contributed by atoms with Gasteiger partial charge in [-0.2, -0.15) is 0 Å². The summed E-state index contributed by atoms with van der Waals surface area (Å²) in [4.78, 5) is 15.1. The Kier molecular flexibility index (Phi) is 3.56. The Morgan fingerprint density at radius 3 is 2.63 bits per heavy atom. The van der Waals surface area contributed by atoms with Gasteiger partial charge in [-0.15, -0.1) is 0 Å². The number of likely N-dealkylation sites (tertiary alicyclic amines) is 1. The molecule has 0 spiro atoms. The van der Waals surface area contributed by atoms with Crippen molar-refractivity contribution in [3.8, 4) is 0 Å². The molecule has 19 heavy (non-hydrogen) atoms. The zero-order valence-electron chi connectivity index (χ0n) is 11.9. The van der Waals surface area contributed by atoms with Gasteiger partial charge in [-0.3, -0.25) is 4.79 Å². The summed E-state index contributed by atoms with van der Waals surface area (Å²) in [6.07, 6.45) is 7.61. The predicted molar refractivity (Wildman–Crippen MR) is 73.6 cm³/mol. The number of rotatable bonds is 2. The highest BCUT2D eigenvalue weighted by Gasteiger charge is 2.49. The van der Waals surface area contributed by atoms with Crippen LogP contribution in [0.15, 0.2) is 0 Å². The summed E-state index contributed by atoms with van der Waals surface area (Å²) in [5.41, 5.74) is 5.61. The van der Waals surface area contributed by atoms with E-state index in [9.17, 15) is 4.79 Å². The Bertz CT molecular complexity index is 354. The normalized spacial score (nSPS) is 40.2. The van der Waals surface area contributed by atoms with Crippen molar-refractivity contribution in [3.05, 3.63) is 0 Å². The van der Waals surface area contributed by atoms with Gasteiger partial charge < -0.3 is 15.4 Å². The van der Waals surface area contributed by atoms with Gasteiger partial charge in [-0.25, -0.2) is 0 Å². The Labute approximate surface area is 115 Å². The number of amides is 1. The molecule has 1 amide bonds. The van der Waals surface area contributed by atoms with Gasteiger partial charge >= 0.3 is 0 Å². The zero-order valence-corrected chi connectivity index (χ0v) is 11.9. The van der Waals surface area contributed by atoms with E-state index >= 15 is 0 Å². The third-order valence-electron chi connectivity index (χ3n) is 5.51. The zero-order chi connectivity index (χ0) is 13.5. The summed E-state index contributed by atoms with van der Waals surface area (Å²) in [6.45, 7) is 3.91. The summed E-state index contributed by atoms with van der Waals surface area (Å²) in [6, 6.07) is 0.324. The molecule has 2 heterocycles. The summed E-state index contributed by atoms with van der Waals surface area (Å²) >= 11 is 0. The molecule has 3 atom stereocenters. The van der Waals surface area contributed by atoms with E-state index in [0.29, 0.717) is 19.3 Å². The molecule has 3 rings (SSSR count). The molecular weight excluding hydrogens is 240 g/mol. The van der Waals surface area contributed by atoms with Crippen LogP contribution in [0.3, 0.4) is 0 Å². The molecule has 3 unspecified atom stereocenters. The van der Waals surface area contributed by atoms with Crippen LogP contribution < -0.4 is 5.73 Å². The molecule has 2 aliphatic heterocycles. The van der Waals surface area contributed by atoms with E-state index in [4.69, 9.17) is 10.5 Å². The number of carbonyl (C=O) groups excluding carboxylic acids is 1. The molecule has 3 aliphatic rings. The summed E-state index contributed by atoms with van der Waals surface area (Å²) < 4.78 is 5.44. The van der Waals surface area contributed by atoms with Crippen molar-refractivity contribution in [2.45, 2.75) is 57.5 Å². The van der Waals surface area contributed by atoms with Gasteiger partial charge in [-0.1, -0.05) is 12.8 Å². The lowest BCUT2D eigenvalue weighted by molar-refractivity contribution is -0.143. The van der Waals surface area contributed by atoms with E-state index in [1.54, 1.807) is 0 Å². The molecule has 0 radical (unpaired) electrons. The van der Waals surface area contributed by atoms with Gasteiger partial charge in [0, 0.05) is 18.6 Å². The van der Waals surface area contributed by atoms with E-state index in [-0.39, 0.29) is 11.9 Å². The average molecular weight is 266 g/mol. The van der Waals surface area contributed by atoms with Crippen molar-refractivity contribution in [2.24, 2.45) is 17.1 Å². The standard InChI is InChI=1S/C15H26N2O2/c1-15(10-19-9-13(15)16)14(18)17-8-4-7-12(17)11-5-2-3-6-11/h11-13H,2-10,16H2,1H3. The second kappa shape index (κ2) is 5.06. The Balaban J connectivity index is 1.74. The van der Waals surface area contributed by atoms with Crippen molar-refractivity contribution >= 4 is 5.91 Å². The van der Waals surface area contributed by atoms with Crippen molar-refractivity contribution in [2.75, 3.05) is 19.8 Å². The van der Waals surface area contributed by atoms with Gasteiger partial charge in [0.2, 0.25) is 5.91 Å². The lowest BCUT2D eigenvalue weighted by atomic mass is 9.83. The van der Waals surface area contributed by atoms with Crippen LogP contribution in [0, 0.1) is 11.3 Å². The molecule has 0 aromatic heterocycles. The first kappa shape index (κ1) is 13.4. The van der Waals surface area contributed by atoms with Crippen LogP contribution in [-0.4, -0.2) is 42.6 Å². The highest BCUT2D eigenvalue weighted by Crippen LogP contribution is 2.39. The molecule has 3 fully saturated rings. The molecule has 0 aromatic carbocycles. The molecular formula is C15H26N2O2. The van der Waals surface area contributed by atoms with Crippen LogP contribution in [0.2, 0.25) is 0 Å². The molecule has 4 heteroatoms. The summed E-state index contributed by atoms with van der Waals surface area (Å²) in [5, 5.41) is 0. The van der Waals surface area contributed by atoms with Crippen LogP contribution in [0.25, 0.3) is 0 Å². The average Bonchev–Trinajstić information content (AvgIpc) is 3.10. The van der Waals surface area contributed by atoms with E-state index in [1.165, 1.54) is 32.1 Å². The number of nitrogens with two attached hydrogens (primary N) is 1. The SMILES string of the molecule is CC1(C(=O)N2CCCC2C2CCCC2)COCC1N. The van der Waals surface area contributed by atoms with Crippen LogP contribution in [0.1, 0.15) is 45.4 Å². The van der Waals surface area contributed by atoms with Gasteiger partial charge in [-0.05, 0) is 38.5 Å². The number of nitrogens with zero attached hydrogens (tertiary/aromatic N) is 1. The van der Waals surface area contributed by atoms with Crippen molar-refractivity contribution < 1.29 is 9.53 Å². The highest BCUT2D eigenvalue weighted by atomic mass is 16.5. The fraction of sp³-hybridized carbons (Fsp3) is 0.933. The highest BCUT2D eigenvalue weighted by molar-refractivity contribution is 5.84. The maximum Gasteiger partial charge on any atom is 0.232 e. The molecule has 108 valence electrons. The fourth-order valence-electron chi connectivity index (χ4n) is 4.11. The van der Waals surface area contributed by atoms with Crippen LogP contribution in [0.4, 0.5) is 0 Å². The number of hydrogen-bond donors (Lipinski definition) is 1. The van der Waals surface area contributed by atoms with Crippen LogP contribution in [-0.2, 0) is 9.53 Å². The van der Waals surface area contributed by atoms with Crippen LogP contribution in [0.5, 0.6) is 0 Å². The third kappa shape index (κ3) is 2.19. The first-order valence-electron chi connectivity index (χ1n) is 7.77. The second-order valence-corrected chi connectivity index (χ2v) is 6.79. The van der Waals surface area contributed by atoms with Crippen molar-refractivity contribution in [3.63, 3.8) is 0 Å². The minimum absolute atomic E-state index is 0.148. The largest absolute Gasteiger partial charge is 0.379 e. The number of carbonyl (C=O) groups is 1. The summed E-state index contributed by atoms with van der Waals surface area (Å²) in [5.74, 6) is 0.973. The smallest absolute Gasteiger partial charge is 0.232 e. The van der Waals surface area contributed by atoms with E-state index in [0.717, 1.165) is 18.9 Å². The first-order valence-corrected chi connectivity index (χ1v) is 7.77. The fourth-order valence-corrected chi connectivity index (χ4v) is 4.11. The predicted octanol–water partition coefficient (Wildman–Crippen LogP) is 1.53. The quantitative estimate of drug-likeness (QED) is 0.824. The van der Waals surface area contributed by atoms with E-state index in [1.807, 2.05) is 6.92 Å². The van der Waals surface area contributed by atoms with Gasteiger partial charge in [0.25, 0.3) is 0 Å². The molecule has 2 saturated heterocycles. The topological polar surface area (TPSA) is 55.6 Å². The lowest BCUT2D eigenvalue weighted by Crippen LogP contribution is -2.53. The molecule has 4 nitrogen and oxygen atoms in total. The van der Waals surface area contributed by atoms with Crippen molar-refractivity contribution in [1.29, 1.82) is 0 Å². The minimum atomic E-state index is -0.499. The Hall–Kier alpha value is -0.610. The molecule has 1 saturated carbocycles. The Morgan fingerprint density at radius 1 is 1.26 bits per heavy atom. The minimum Gasteiger partial charge on any atom is -0.379 e. The molecule has 0 aromatic rings. The maximum absolute atomic E-state index is 12.9. The third-order valence-corrected chi connectivity index (χ3v) is 5.51. The monoisotopic (exact) mass is 266 g/mol. The first-order chi connectivity index (χ1) is 9.13. The van der Waals surface area contributed by atoms with Gasteiger partial charge in [0.05, 0.1) is 18.6 Å². The number of ether oxygens (including phenoxy) is 1. The maximum atomic E-state index is 12.9. The molecule has 2 N–H and O–H groups in total. The number of hydrogen-bond acceptors (Lipinski definition) is 3. The van der Waals surface area contributed by atoms with Crippen molar-refractivity contribution in [1.82, 2.24) is 4.90 Å². The second-order valence-electron chi connectivity index (χ2n) is 6.79. The van der Waals surface area contributed by atoms with Gasteiger partial charge in [0.15, 0.2) is 0 Å². The summed E-state index contributed by atoms with van der Waals surface area (Å²) in [7, 11) is 0. The van der Waals surface area contributed by atoms with E-state index in [2.05, 4.69) is 4.90 Å². The lowest BCUT2D eigenvalue weighted by Gasteiger charge is -2.36. The van der Waals surface area contributed by atoms with Crippen LogP contribution >= 0.6 is 0 Å².